The van der Waals surface area contributed by atoms with Crippen LogP contribution in [0.5, 0.6) is 0 Å². The summed E-state index contributed by atoms with van der Waals surface area (Å²) in [6.45, 7) is 4.03. The van der Waals surface area contributed by atoms with E-state index in [4.69, 9.17) is 9.73 Å². The number of benzene rings is 3. The van der Waals surface area contributed by atoms with Gasteiger partial charge in [-0.15, -0.1) is 11.8 Å². The predicted octanol–water partition coefficient (Wildman–Crippen LogP) is 4.97. The molecule has 1 aliphatic heterocycles. The summed E-state index contributed by atoms with van der Waals surface area (Å²) in [5, 5.41) is 0. The van der Waals surface area contributed by atoms with Crippen molar-refractivity contribution in [3.05, 3.63) is 126 Å². The van der Waals surface area contributed by atoms with Gasteiger partial charge in [0, 0.05) is 10.5 Å². The second-order valence-corrected chi connectivity index (χ2v) is 10.5. The Morgan fingerprint density at radius 2 is 1.76 bits per heavy atom. The lowest BCUT2D eigenvalue weighted by molar-refractivity contribution is -0.138. The van der Waals surface area contributed by atoms with Gasteiger partial charge in [-0.1, -0.05) is 83.6 Å². The van der Waals surface area contributed by atoms with E-state index in [0.717, 1.165) is 27.1 Å². The molecule has 0 bridgehead atoms. The number of aromatic nitrogens is 1. The van der Waals surface area contributed by atoms with Crippen LogP contribution < -0.4 is 14.9 Å². The minimum absolute atomic E-state index is 0.183. The molecule has 0 fully saturated rings. The van der Waals surface area contributed by atoms with Gasteiger partial charge in [0.05, 0.1) is 28.5 Å². The van der Waals surface area contributed by atoms with Gasteiger partial charge in [0.25, 0.3) is 5.56 Å². The zero-order valence-corrected chi connectivity index (χ0v) is 22.4. The van der Waals surface area contributed by atoms with Crippen LogP contribution in [0.2, 0.25) is 0 Å². The van der Waals surface area contributed by atoms with Gasteiger partial charge in [-0.05, 0) is 49.4 Å². The third-order valence-corrected chi connectivity index (χ3v) is 7.91. The second-order valence-electron chi connectivity index (χ2n) is 8.62. The first-order valence-electron chi connectivity index (χ1n) is 12.0. The first-order chi connectivity index (χ1) is 18.0. The minimum atomic E-state index is -0.665. The lowest BCUT2D eigenvalue weighted by Gasteiger charge is -2.26. The molecule has 37 heavy (non-hydrogen) atoms. The molecular formula is C30H26N2O3S2. The summed E-state index contributed by atoms with van der Waals surface area (Å²) in [6.07, 6.45) is 3.90. The number of ether oxygens (including phenoxy) is 1. The molecule has 1 unspecified atom stereocenters. The Kier molecular flexibility index (Phi) is 7.26. The Balaban J connectivity index is 1.81. The Bertz CT molecular complexity index is 1650. The van der Waals surface area contributed by atoms with Gasteiger partial charge in [-0.2, -0.15) is 0 Å². The van der Waals surface area contributed by atoms with Crippen LogP contribution in [0.25, 0.3) is 11.8 Å². The lowest BCUT2D eigenvalue weighted by Crippen LogP contribution is -2.40. The SMILES string of the molecule is CCOC(=O)C1=C(c2ccccc2)N=c2s/c(=C\c3ccc(C)cc3)c(=O)n2C1c1ccc(SC)cc1. The molecule has 7 heteroatoms. The number of carbonyl (C=O) groups excluding carboxylic acids is 1. The fourth-order valence-corrected chi connectivity index (χ4v) is 5.77. The molecule has 0 radical (unpaired) electrons. The van der Waals surface area contributed by atoms with Gasteiger partial charge in [0.15, 0.2) is 4.80 Å². The summed E-state index contributed by atoms with van der Waals surface area (Å²) in [5.41, 5.74) is 4.42. The largest absolute Gasteiger partial charge is 0.463 e. The third-order valence-electron chi connectivity index (χ3n) is 6.18. The van der Waals surface area contributed by atoms with E-state index < -0.39 is 12.0 Å². The van der Waals surface area contributed by atoms with Crippen molar-refractivity contribution in [2.75, 3.05) is 12.9 Å². The van der Waals surface area contributed by atoms with Crippen molar-refractivity contribution in [1.29, 1.82) is 0 Å². The molecule has 4 aromatic rings. The van der Waals surface area contributed by atoms with Crippen LogP contribution in [0.4, 0.5) is 0 Å². The molecule has 186 valence electrons. The third kappa shape index (κ3) is 4.97. The topological polar surface area (TPSA) is 60.7 Å². The van der Waals surface area contributed by atoms with Crippen molar-refractivity contribution in [2.24, 2.45) is 4.99 Å². The Hall–Kier alpha value is -3.68. The smallest absolute Gasteiger partial charge is 0.338 e. The maximum Gasteiger partial charge on any atom is 0.338 e. The summed E-state index contributed by atoms with van der Waals surface area (Å²) < 4.78 is 7.71. The van der Waals surface area contributed by atoms with E-state index in [1.807, 2.05) is 98.1 Å². The maximum atomic E-state index is 13.9. The number of hydrogen-bond acceptors (Lipinski definition) is 6. The Morgan fingerprint density at radius 3 is 2.41 bits per heavy atom. The molecule has 1 atom stereocenters. The number of hydrogen-bond donors (Lipinski definition) is 0. The van der Waals surface area contributed by atoms with Crippen LogP contribution in [0, 0.1) is 6.92 Å². The van der Waals surface area contributed by atoms with E-state index in [9.17, 15) is 9.59 Å². The molecular weight excluding hydrogens is 500 g/mol. The van der Waals surface area contributed by atoms with Crippen molar-refractivity contribution in [1.82, 2.24) is 4.57 Å². The molecule has 0 spiro atoms. The summed E-state index contributed by atoms with van der Waals surface area (Å²) >= 11 is 2.97. The number of aryl methyl sites for hydroxylation is 1. The van der Waals surface area contributed by atoms with Crippen LogP contribution >= 0.6 is 23.1 Å². The van der Waals surface area contributed by atoms with E-state index in [0.29, 0.717) is 20.6 Å². The number of thioether (sulfide) groups is 1. The monoisotopic (exact) mass is 526 g/mol. The first kappa shape index (κ1) is 25.0. The molecule has 0 aliphatic carbocycles. The van der Waals surface area contributed by atoms with Gasteiger partial charge >= 0.3 is 5.97 Å². The van der Waals surface area contributed by atoms with E-state index in [1.54, 1.807) is 23.3 Å². The molecule has 5 nitrogen and oxygen atoms in total. The highest BCUT2D eigenvalue weighted by molar-refractivity contribution is 7.98. The molecule has 5 rings (SSSR count). The quantitative estimate of drug-likeness (QED) is 0.263. The van der Waals surface area contributed by atoms with Crippen molar-refractivity contribution >= 4 is 40.8 Å². The van der Waals surface area contributed by atoms with Crippen LogP contribution in [0.3, 0.4) is 0 Å². The van der Waals surface area contributed by atoms with Crippen molar-refractivity contribution in [3.8, 4) is 0 Å². The summed E-state index contributed by atoms with van der Waals surface area (Å²) in [6, 6.07) is 24.9. The number of nitrogens with zero attached hydrogens (tertiary/aromatic N) is 2. The minimum Gasteiger partial charge on any atom is -0.463 e. The zero-order chi connectivity index (χ0) is 25.9. The molecule has 1 aromatic heterocycles. The maximum absolute atomic E-state index is 13.9. The van der Waals surface area contributed by atoms with Crippen LogP contribution in [-0.2, 0) is 9.53 Å². The zero-order valence-electron chi connectivity index (χ0n) is 20.8. The number of esters is 1. The van der Waals surface area contributed by atoms with Crippen LogP contribution in [0.15, 0.2) is 99.1 Å². The molecule has 3 aromatic carbocycles. The number of rotatable bonds is 6. The van der Waals surface area contributed by atoms with E-state index >= 15 is 0 Å². The van der Waals surface area contributed by atoms with E-state index in [2.05, 4.69) is 0 Å². The fraction of sp³-hybridized carbons (Fsp3) is 0.167. The van der Waals surface area contributed by atoms with Crippen molar-refractivity contribution < 1.29 is 9.53 Å². The van der Waals surface area contributed by atoms with Crippen molar-refractivity contribution in [2.45, 2.75) is 24.8 Å². The van der Waals surface area contributed by atoms with Gasteiger partial charge in [-0.3, -0.25) is 9.36 Å². The fourth-order valence-electron chi connectivity index (χ4n) is 4.36. The lowest BCUT2D eigenvalue weighted by atomic mass is 9.93. The number of thiazole rings is 1. The normalized spacial score (nSPS) is 15.3. The molecule has 1 aliphatic rings. The summed E-state index contributed by atoms with van der Waals surface area (Å²) in [4.78, 5) is 33.9. The predicted molar refractivity (Wildman–Crippen MR) is 150 cm³/mol. The van der Waals surface area contributed by atoms with Gasteiger partial charge in [0.2, 0.25) is 0 Å². The number of carbonyl (C=O) groups is 1. The highest BCUT2D eigenvalue weighted by atomic mass is 32.2. The first-order valence-corrected chi connectivity index (χ1v) is 14.0. The Labute approximate surface area is 223 Å². The molecule has 2 heterocycles. The second kappa shape index (κ2) is 10.7. The molecule has 0 N–H and O–H groups in total. The van der Waals surface area contributed by atoms with Gasteiger partial charge in [0.1, 0.15) is 0 Å². The van der Waals surface area contributed by atoms with Crippen LogP contribution in [-0.4, -0.2) is 23.4 Å². The average Bonchev–Trinajstić information content (AvgIpc) is 3.24. The van der Waals surface area contributed by atoms with E-state index in [-0.39, 0.29) is 12.2 Å². The van der Waals surface area contributed by atoms with Crippen molar-refractivity contribution in [3.63, 3.8) is 0 Å². The summed E-state index contributed by atoms with van der Waals surface area (Å²) in [5.74, 6) is -0.475. The van der Waals surface area contributed by atoms with Crippen LogP contribution in [0.1, 0.15) is 35.2 Å². The number of fused-ring (bicyclic) bond motifs is 1. The molecule has 0 saturated carbocycles. The van der Waals surface area contributed by atoms with Gasteiger partial charge in [-0.25, -0.2) is 9.79 Å². The molecule has 0 saturated heterocycles. The molecule has 0 amide bonds. The summed E-state index contributed by atoms with van der Waals surface area (Å²) in [7, 11) is 0. The standard InChI is InChI=1S/C30H26N2O3S2/c1-4-35-29(34)25-26(21-8-6-5-7-9-21)31-30-32(27(25)22-14-16-23(36-3)17-15-22)28(33)24(37-30)18-20-12-10-19(2)11-13-20/h5-18,27H,4H2,1-3H3/b24-18-. The Morgan fingerprint density at radius 1 is 1.05 bits per heavy atom. The highest BCUT2D eigenvalue weighted by Gasteiger charge is 2.35. The average molecular weight is 527 g/mol. The van der Waals surface area contributed by atoms with E-state index in [1.165, 1.54) is 11.3 Å². The van der Waals surface area contributed by atoms with Gasteiger partial charge < -0.3 is 4.74 Å². The highest BCUT2D eigenvalue weighted by Crippen LogP contribution is 2.35.